The molecular weight excluding hydrogens is 348 g/mol. The third-order valence-electron chi connectivity index (χ3n) is 5.81. The van der Waals surface area contributed by atoms with Crippen molar-refractivity contribution < 1.29 is 0 Å². The minimum Gasteiger partial charge on any atom is -0.369 e. The molecule has 2 saturated heterocycles. The van der Waals surface area contributed by atoms with Gasteiger partial charge in [0, 0.05) is 56.7 Å². The molecule has 1 aromatic carbocycles. The summed E-state index contributed by atoms with van der Waals surface area (Å²) in [5.41, 5.74) is 2.36. The molecule has 1 N–H and O–H groups in total. The monoisotopic (exact) mass is 380 g/mol. The number of nitrogens with one attached hydrogen (secondary N) is 1. The van der Waals surface area contributed by atoms with Crippen LogP contribution < -0.4 is 15.1 Å². The number of piperidine rings is 1. The number of benzene rings is 1. The van der Waals surface area contributed by atoms with Gasteiger partial charge in [-0.15, -0.1) is 0 Å². The number of hydrogen-bond donors (Lipinski definition) is 1. The first-order valence-corrected chi connectivity index (χ1v) is 10.5. The zero-order valence-electron chi connectivity index (χ0n) is 17.4. The normalized spacial score (nSPS) is 21.0. The van der Waals surface area contributed by atoms with Gasteiger partial charge in [-0.2, -0.15) is 0 Å². The van der Waals surface area contributed by atoms with E-state index in [9.17, 15) is 0 Å². The van der Waals surface area contributed by atoms with Crippen molar-refractivity contribution in [1.82, 2.24) is 14.9 Å². The van der Waals surface area contributed by atoms with Crippen molar-refractivity contribution in [3.8, 4) is 0 Å². The Morgan fingerprint density at radius 1 is 0.964 bits per heavy atom. The van der Waals surface area contributed by atoms with Gasteiger partial charge in [0.05, 0.1) is 0 Å². The smallest absolute Gasteiger partial charge is 0.136 e. The van der Waals surface area contributed by atoms with Crippen molar-refractivity contribution in [2.24, 2.45) is 5.92 Å². The number of aryl methyl sites for hydroxylation is 1. The summed E-state index contributed by atoms with van der Waals surface area (Å²) in [6.45, 7) is 10.9. The Morgan fingerprint density at radius 3 is 2.43 bits per heavy atom. The van der Waals surface area contributed by atoms with Crippen LogP contribution in [0.25, 0.3) is 0 Å². The van der Waals surface area contributed by atoms with Gasteiger partial charge in [-0.25, -0.2) is 9.97 Å². The number of anilines is 4. The fourth-order valence-electron chi connectivity index (χ4n) is 4.14. The van der Waals surface area contributed by atoms with Crippen LogP contribution in [0.15, 0.2) is 30.3 Å². The molecule has 0 aliphatic carbocycles. The van der Waals surface area contributed by atoms with Crippen molar-refractivity contribution in [3.63, 3.8) is 0 Å². The molecule has 0 saturated carbocycles. The van der Waals surface area contributed by atoms with Crippen molar-refractivity contribution >= 4 is 23.0 Å². The van der Waals surface area contributed by atoms with Gasteiger partial charge in [0.25, 0.3) is 0 Å². The molecule has 1 atom stereocenters. The van der Waals surface area contributed by atoms with Crippen LogP contribution in [0.2, 0.25) is 0 Å². The van der Waals surface area contributed by atoms with E-state index >= 15 is 0 Å². The summed E-state index contributed by atoms with van der Waals surface area (Å²) in [5.74, 6) is 3.44. The third-order valence-corrected chi connectivity index (χ3v) is 5.81. The molecule has 0 amide bonds. The van der Waals surface area contributed by atoms with Crippen LogP contribution in [0.4, 0.5) is 23.0 Å². The van der Waals surface area contributed by atoms with Crippen LogP contribution >= 0.6 is 0 Å². The molecule has 6 nitrogen and oxygen atoms in total. The predicted molar refractivity (Wildman–Crippen MR) is 117 cm³/mol. The average Bonchev–Trinajstić information content (AvgIpc) is 2.69. The van der Waals surface area contributed by atoms with Gasteiger partial charge in [-0.1, -0.05) is 6.92 Å². The maximum absolute atomic E-state index is 4.68. The average molecular weight is 381 g/mol. The van der Waals surface area contributed by atoms with E-state index in [2.05, 4.69) is 74.3 Å². The summed E-state index contributed by atoms with van der Waals surface area (Å²) < 4.78 is 0. The van der Waals surface area contributed by atoms with E-state index in [4.69, 9.17) is 0 Å². The van der Waals surface area contributed by atoms with Crippen LogP contribution in [-0.4, -0.2) is 61.2 Å². The molecule has 4 rings (SSSR count). The van der Waals surface area contributed by atoms with Crippen LogP contribution in [0.5, 0.6) is 0 Å². The first-order valence-electron chi connectivity index (χ1n) is 10.5. The summed E-state index contributed by atoms with van der Waals surface area (Å²) in [5, 5.41) is 3.47. The molecule has 1 aromatic heterocycles. The first-order chi connectivity index (χ1) is 13.6. The third kappa shape index (κ3) is 4.55. The quantitative estimate of drug-likeness (QED) is 0.876. The SMILES string of the molecule is Cc1nc(Nc2ccc(N3CCN(C)CC3)cc2)cc(N2CCCC(C)C2)n1. The maximum Gasteiger partial charge on any atom is 0.136 e. The van der Waals surface area contributed by atoms with Crippen LogP contribution in [-0.2, 0) is 0 Å². The lowest BCUT2D eigenvalue weighted by molar-refractivity contribution is 0.313. The second-order valence-corrected chi connectivity index (χ2v) is 8.31. The topological polar surface area (TPSA) is 47.5 Å². The molecule has 3 heterocycles. The second kappa shape index (κ2) is 8.35. The van der Waals surface area contributed by atoms with Crippen molar-refractivity contribution in [3.05, 3.63) is 36.2 Å². The fraction of sp³-hybridized carbons (Fsp3) is 0.545. The van der Waals surface area contributed by atoms with E-state index in [1.165, 1.54) is 18.5 Å². The zero-order chi connectivity index (χ0) is 19.5. The van der Waals surface area contributed by atoms with Crippen molar-refractivity contribution in [1.29, 1.82) is 0 Å². The molecule has 2 aliphatic rings. The Labute approximate surface area is 168 Å². The van der Waals surface area contributed by atoms with Crippen molar-refractivity contribution in [2.45, 2.75) is 26.7 Å². The highest BCUT2D eigenvalue weighted by molar-refractivity contribution is 5.63. The number of aromatic nitrogens is 2. The molecule has 6 heteroatoms. The molecule has 2 aliphatic heterocycles. The highest BCUT2D eigenvalue weighted by atomic mass is 15.2. The Morgan fingerprint density at radius 2 is 1.71 bits per heavy atom. The standard InChI is InChI=1S/C22H32N6/c1-17-5-4-10-28(16-17)22-15-21(23-18(2)24-22)25-19-6-8-20(9-7-19)27-13-11-26(3)12-14-27/h6-9,15,17H,4-5,10-14,16H2,1-3H3,(H,23,24,25). The van der Waals surface area contributed by atoms with Gasteiger partial charge in [-0.05, 0) is 57.0 Å². The molecule has 2 aromatic rings. The highest BCUT2D eigenvalue weighted by Gasteiger charge is 2.19. The number of piperazine rings is 1. The highest BCUT2D eigenvalue weighted by Crippen LogP contribution is 2.26. The Bertz CT molecular complexity index is 782. The number of hydrogen-bond acceptors (Lipinski definition) is 6. The van der Waals surface area contributed by atoms with Crippen LogP contribution in [0, 0.1) is 12.8 Å². The molecule has 28 heavy (non-hydrogen) atoms. The molecule has 2 fully saturated rings. The van der Waals surface area contributed by atoms with E-state index in [1.54, 1.807) is 0 Å². The minimum atomic E-state index is 0.725. The van der Waals surface area contributed by atoms with Gasteiger partial charge in [0.1, 0.15) is 17.5 Å². The van der Waals surface area contributed by atoms with Gasteiger partial charge >= 0.3 is 0 Å². The Hall–Kier alpha value is -2.34. The zero-order valence-corrected chi connectivity index (χ0v) is 17.4. The number of rotatable bonds is 4. The molecule has 0 radical (unpaired) electrons. The lowest BCUT2D eigenvalue weighted by Crippen LogP contribution is -2.44. The van der Waals surface area contributed by atoms with E-state index in [-0.39, 0.29) is 0 Å². The van der Waals surface area contributed by atoms with Crippen LogP contribution in [0.3, 0.4) is 0 Å². The maximum atomic E-state index is 4.68. The Kier molecular flexibility index (Phi) is 5.67. The van der Waals surface area contributed by atoms with Gasteiger partial charge in [-0.3, -0.25) is 0 Å². The van der Waals surface area contributed by atoms with E-state index in [0.29, 0.717) is 0 Å². The summed E-state index contributed by atoms with van der Waals surface area (Å²) in [6, 6.07) is 10.8. The summed E-state index contributed by atoms with van der Waals surface area (Å²) in [4.78, 5) is 16.5. The number of likely N-dealkylation sites (N-methyl/N-ethyl adjacent to an activating group) is 1. The summed E-state index contributed by atoms with van der Waals surface area (Å²) in [6.07, 6.45) is 2.55. The molecule has 150 valence electrons. The summed E-state index contributed by atoms with van der Waals surface area (Å²) in [7, 11) is 2.19. The van der Waals surface area contributed by atoms with E-state index in [1.807, 2.05) is 6.92 Å². The fourth-order valence-corrected chi connectivity index (χ4v) is 4.14. The lowest BCUT2D eigenvalue weighted by Gasteiger charge is -2.34. The van der Waals surface area contributed by atoms with Crippen LogP contribution in [0.1, 0.15) is 25.6 Å². The van der Waals surface area contributed by atoms with E-state index in [0.717, 1.165) is 68.3 Å². The van der Waals surface area contributed by atoms with Gasteiger partial charge in [0.2, 0.25) is 0 Å². The number of nitrogens with zero attached hydrogens (tertiary/aromatic N) is 5. The molecule has 0 spiro atoms. The molecular formula is C22H32N6. The largest absolute Gasteiger partial charge is 0.369 e. The van der Waals surface area contributed by atoms with Gasteiger partial charge in [0.15, 0.2) is 0 Å². The predicted octanol–water partition coefficient (Wildman–Crippen LogP) is 3.52. The van der Waals surface area contributed by atoms with E-state index < -0.39 is 0 Å². The minimum absolute atomic E-state index is 0.725. The van der Waals surface area contributed by atoms with Gasteiger partial charge < -0.3 is 20.0 Å². The summed E-state index contributed by atoms with van der Waals surface area (Å²) >= 11 is 0. The second-order valence-electron chi connectivity index (χ2n) is 8.31. The first kappa shape index (κ1) is 19.0. The van der Waals surface area contributed by atoms with Crippen molar-refractivity contribution in [2.75, 3.05) is 61.4 Å². The lowest BCUT2D eigenvalue weighted by atomic mass is 10.0. The molecule has 0 bridgehead atoms. The Balaban J connectivity index is 1.45. The molecule has 1 unspecified atom stereocenters.